The molecule has 4 rings (SSSR count). The van der Waals surface area contributed by atoms with Crippen LogP contribution in [0.2, 0.25) is 0 Å². The van der Waals surface area contributed by atoms with E-state index in [2.05, 4.69) is 41.8 Å². The first-order chi connectivity index (χ1) is 12.1. The standard InChI is InChI=1S/C21H31N3O/c1-16(2)18-9-5-10-19(22-18)23-14-12-21(15-23)11-6-13-24(20(21)25)17-7-3-4-8-17/h5,9-10,16-17H,3-4,6-8,11-15H2,1-2H3. The summed E-state index contributed by atoms with van der Waals surface area (Å²) in [6.45, 7) is 7.15. The highest BCUT2D eigenvalue weighted by Gasteiger charge is 2.50. The SMILES string of the molecule is CC(C)c1cccc(N2CCC3(CCCN(C4CCCC4)C3=O)C2)n1. The van der Waals surface area contributed by atoms with Crippen molar-refractivity contribution >= 4 is 11.7 Å². The van der Waals surface area contributed by atoms with Crippen LogP contribution in [0.5, 0.6) is 0 Å². The maximum absolute atomic E-state index is 13.4. The number of anilines is 1. The van der Waals surface area contributed by atoms with Gasteiger partial charge in [-0.3, -0.25) is 4.79 Å². The van der Waals surface area contributed by atoms with Gasteiger partial charge in [0.15, 0.2) is 0 Å². The van der Waals surface area contributed by atoms with Gasteiger partial charge in [-0.2, -0.15) is 0 Å². The van der Waals surface area contributed by atoms with Crippen LogP contribution in [0.3, 0.4) is 0 Å². The van der Waals surface area contributed by atoms with Crippen LogP contribution in [0.1, 0.15) is 70.4 Å². The largest absolute Gasteiger partial charge is 0.355 e. The highest BCUT2D eigenvalue weighted by molar-refractivity contribution is 5.85. The number of amides is 1. The Labute approximate surface area is 151 Å². The third-order valence-corrected chi connectivity index (χ3v) is 6.56. The van der Waals surface area contributed by atoms with E-state index >= 15 is 0 Å². The smallest absolute Gasteiger partial charge is 0.230 e. The van der Waals surface area contributed by atoms with Gasteiger partial charge < -0.3 is 9.80 Å². The molecule has 25 heavy (non-hydrogen) atoms. The molecular formula is C21H31N3O. The molecular weight excluding hydrogens is 310 g/mol. The summed E-state index contributed by atoms with van der Waals surface area (Å²) in [5.74, 6) is 1.92. The van der Waals surface area contributed by atoms with Crippen molar-refractivity contribution in [1.82, 2.24) is 9.88 Å². The quantitative estimate of drug-likeness (QED) is 0.835. The zero-order valence-electron chi connectivity index (χ0n) is 15.7. The minimum Gasteiger partial charge on any atom is -0.355 e. The van der Waals surface area contributed by atoms with E-state index in [9.17, 15) is 4.79 Å². The van der Waals surface area contributed by atoms with Crippen LogP contribution in [0.15, 0.2) is 18.2 Å². The lowest BCUT2D eigenvalue weighted by molar-refractivity contribution is -0.147. The molecule has 2 saturated heterocycles. The highest BCUT2D eigenvalue weighted by atomic mass is 16.2. The van der Waals surface area contributed by atoms with Crippen LogP contribution in [-0.2, 0) is 4.79 Å². The molecule has 0 aromatic carbocycles. The van der Waals surface area contributed by atoms with Crippen LogP contribution in [-0.4, -0.2) is 41.5 Å². The Morgan fingerprint density at radius 2 is 1.92 bits per heavy atom. The van der Waals surface area contributed by atoms with Crippen LogP contribution >= 0.6 is 0 Å². The van der Waals surface area contributed by atoms with Gasteiger partial charge in [-0.25, -0.2) is 4.98 Å². The molecule has 3 fully saturated rings. The van der Waals surface area contributed by atoms with Crippen molar-refractivity contribution in [1.29, 1.82) is 0 Å². The average molecular weight is 341 g/mol. The Balaban J connectivity index is 1.52. The maximum Gasteiger partial charge on any atom is 0.230 e. The van der Waals surface area contributed by atoms with Crippen molar-refractivity contribution in [2.24, 2.45) is 5.41 Å². The second kappa shape index (κ2) is 6.62. The first-order valence-corrected chi connectivity index (χ1v) is 10.1. The Morgan fingerprint density at radius 1 is 1.12 bits per heavy atom. The van der Waals surface area contributed by atoms with E-state index in [1.165, 1.54) is 25.7 Å². The second-order valence-corrected chi connectivity index (χ2v) is 8.57. The molecule has 1 atom stereocenters. The lowest BCUT2D eigenvalue weighted by atomic mass is 9.77. The van der Waals surface area contributed by atoms with Crippen molar-refractivity contribution in [3.63, 3.8) is 0 Å². The molecule has 4 heteroatoms. The first kappa shape index (κ1) is 16.9. The van der Waals surface area contributed by atoms with Gasteiger partial charge in [0.1, 0.15) is 5.82 Å². The topological polar surface area (TPSA) is 36.4 Å². The Hall–Kier alpha value is -1.58. The number of rotatable bonds is 3. The number of nitrogens with zero attached hydrogens (tertiary/aromatic N) is 3. The summed E-state index contributed by atoms with van der Waals surface area (Å²) in [5.41, 5.74) is 0.983. The average Bonchev–Trinajstić information content (AvgIpc) is 3.28. The van der Waals surface area contributed by atoms with E-state index in [-0.39, 0.29) is 5.41 Å². The molecule has 4 nitrogen and oxygen atoms in total. The first-order valence-electron chi connectivity index (χ1n) is 10.1. The number of piperidine rings is 1. The molecule has 0 N–H and O–H groups in total. The molecule has 3 aliphatic rings. The second-order valence-electron chi connectivity index (χ2n) is 8.57. The van der Waals surface area contributed by atoms with E-state index in [1.807, 2.05) is 0 Å². The number of pyridine rings is 1. The summed E-state index contributed by atoms with van der Waals surface area (Å²) >= 11 is 0. The van der Waals surface area contributed by atoms with E-state index < -0.39 is 0 Å². The number of hydrogen-bond acceptors (Lipinski definition) is 3. The predicted molar refractivity (Wildman–Crippen MR) is 101 cm³/mol. The normalized spacial score (nSPS) is 27.9. The summed E-state index contributed by atoms with van der Waals surface area (Å²) in [6, 6.07) is 6.83. The molecule has 2 aliphatic heterocycles. The molecule has 0 bridgehead atoms. The third kappa shape index (κ3) is 3.04. The zero-order valence-corrected chi connectivity index (χ0v) is 15.7. The van der Waals surface area contributed by atoms with Gasteiger partial charge in [-0.15, -0.1) is 0 Å². The number of aromatic nitrogens is 1. The van der Waals surface area contributed by atoms with E-state index in [1.54, 1.807) is 0 Å². The Bertz CT molecular complexity index is 638. The van der Waals surface area contributed by atoms with E-state index in [0.717, 1.165) is 50.4 Å². The monoisotopic (exact) mass is 341 g/mol. The van der Waals surface area contributed by atoms with Crippen LogP contribution in [0, 0.1) is 5.41 Å². The van der Waals surface area contributed by atoms with Gasteiger partial charge in [0.2, 0.25) is 5.91 Å². The van der Waals surface area contributed by atoms with Crippen molar-refractivity contribution < 1.29 is 4.79 Å². The van der Waals surface area contributed by atoms with Gasteiger partial charge in [-0.1, -0.05) is 32.8 Å². The van der Waals surface area contributed by atoms with Gasteiger partial charge in [0.05, 0.1) is 5.41 Å². The van der Waals surface area contributed by atoms with Gasteiger partial charge >= 0.3 is 0 Å². The predicted octanol–water partition coefficient (Wildman–Crippen LogP) is 3.97. The molecule has 1 aromatic rings. The van der Waals surface area contributed by atoms with Crippen molar-refractivity contribution in [3.05, 3.63) is 23.9 Å². The molecule has 1 amide bonds. The maximum atomic E-state index is 13.4. The molecule has 1 unspecified atom stereocenters. The summed E-state index contributed by atoms with van der Waals surface area (Å²) in [5, 5.41) is 0. The fourth-order valence-corrected chi connectivity index (χ4v) is 5.05. The lowest BCUT2D eigenvalue weighted by Crippen LogP contribution is -2.53. The summed E-state index contributed by atoms with van der Waals surface area (Å²) in [6.07, 6.45) is 8.21. The van der Waals surface area contributed by atoms with Crippen LogP contribution < -0.4 is 4.90 Å². The number of carbonyl (C=O) groups is 1. The Morgan fingerprint density at radius 3 is 2.68 bits per heavy atom. The zero-order chi connectivity index (χ0) is 17.4. The number of hydrogen-bond donors (Lipinski definition) is 0. The van der Waals surface area contributed by atoms with E-state index in [4.69, 9.17) is 4.98 Å². The van der Waals surface area contributed by atoms with Crippen LogP contribution in [0.4, 0.5) is 5.82 Å². The van der Waals surface area contributed by atoms with Gasteiger partial charge in [-0.05, 0) is 50.2 Å². The molecule has 1 saturated carbocycles. The lowest BCUT2D eigenvalue weighted by Gasteiger charge is -2.42. The van der Waals surface area contributed by atoms with Crippen LogP contribution in [0.25, 0.3) is 0 Å². The summed E-state index contributed by atoms with van der Waals surface area (Å²) < 4.78 is 0. The molecule has 1 spiro atoms. The fourth-order valence-electron chi connectivity index (χ4n) is 5.05. The molecule has 3 heterocycles. The van der Waals surface area contributed by atoms with Gasteiger partial charge in [0, 0.05) is 31.4 Å². The Kier molecular flexibility index (Phi) is 4.47. The van der Waals surface area contributed by atoms with Gasteiger partial charge in [0.25, 0.3) is 0 Å². The minimum atomic E-state index is -0.156. The minimum absolute atomic E-state index is 0.156. The van der Waals surface area contributed by atoms with E-state index in [0.29, 0.717) is 17.9 Å². The van der Waals surface area contributed by atoms with Crippen molar-refractivity contribution in [2.45, 2.75) is 70.8 Å². The molecule has 1 aliphatic carbocycles. The highest BCUT2D eigenvalue weighted by Crippen LogP contribution is 2.43. The summed E-state index contributed by atoms with van der Waals surface area (Å²) in [7, 11) is 0. The fraction of sp³-hybridized carbons (Fsp3) is 0.714. The van der Waals surface area contributed by atoms with Crippen molar-refractivity contribution in [3.8, 4) is 0 Å². The molecule has 136 valence electrons. The third-order valence-electron chi connectivity index (χ3n) is 6.56. The molecule has 0 radical (unpaired) electrons. The molecule has 1 aromatic heterocycles. The van der Waals surface area contributed by atoms with Crippen molar-refractivity contribution in [2.75, 3.05) is 24.5 Å². The number of carbonyl (C=O) groups excluding carboxylic acids is 1. The number of likely N-dealkylation sites (tertiary alicyclic amines) is 1. The summed E-state index contributed by atoms with van der Waals surface area (Å²) in [4.78, 5) is 22.8.